The number of hydrogen-bond acceptors (Lipinski definition) is 6. The first kappa shape index (κ1) is 23.5. The number of nitrogens with one attached hydrogen (secondary N) is 1. The van der Waals surface area contributed by atoms with Crippen molar-refractivity contribution in [3.05, 3.63) is 57.5 Å². The second kappa shape index (κ2) is 9.66. The summed E-state index contributed by atoms with van der Waals surface area (Å²) in [5, 5.41) is 5.84. The Morgan fingerprint density at radius 1 is 1.21 bits per heavy atom. The van der Waals surface area contributed by atoms with Crippen molar-refractivity contribution in [1.82, 2.24) is 14.9 Å². The van der Waals surface area contributed by atoms with Crippen LogP contribution in [0.25, 0.3) is 11.3 Å². The summed E-state index contributed by atoms with van der Waals surface area (Å²) in [5.41, 5.74) is 1.63. The maximum absolute atomic E-state index is 12.8. The largest absolute Gasteiger partial charge is 0.417 e. The van der Waals surface area contributed by atoms with Gasteiger partial charge in [0.25, 0.3) is 0 Å². The van der Waals surface area contributed by atoms with Crippen LogP contribution in [0.15, 0.2) is 41.9 Å². The second-order valence-corrected chi connectivity index (χ2v) is 9.14. The number of benzene rings is 1. The Morgan fingerprint density at radius 2 is 1.97 bits per heavy atom. The average Bonchev–Trinajstić information content (AvgIpc) is 3.20. The van der Waals surface area contributed by atoms with Crippen molar-refractivity contribution in [2.45, 2.75) is 13.1 Å². The second-order valence-electron chi connectivity index (χ2n) is 7.67. The summed E-state index contributed by atoms with van der Waals surface area (Å²) in [6.45, 7) is 4.28. The maximum Gasteiger partial charge on any atom is 0.417 e. The van der Waals surface area contributed by atoms with Crippen LogP contribution in [-0.4, -0.2) is 53.5 Å². The minimum absolute atomic E-state index is 0.0359. The van der Waals surface area contributed by atoms with Gasteiger partial charge in [-0.05, 0) is 25.1 Å². The molecule has 11 heteroatoms. The van der Waals surface area contributed by atoms with Crippen LogP contribution in [0.3, 0.4) is 0 Å². The fourth-order valence-corrected chi connectivity index (χ4v) is 4.50. The van der Waals surface area contributed by atoms with Crippen molar-refractivity contribution in [2.24, 2.45) is 0 Å². The molecule has 1 saturated heterocycles. The number of aryl methyl sites for hydroxylation is 1. The van der Waals surface area contributed by atoms with Gasteiger partial charge in [0.15, 0.2) is 0 Å². The average molecular weight is 496 g/mol. The fraction of sp³-hybridized carbons (Fsp3) is 0.318. The molecule has 1 aliphatic rings. The summed E-state index contributed by atoms with van der Waals surface area (Å²) in [4.78, 5) is 24.8. The van der Waals surface area contributed by atoms with Crippen LogP contribution in [0.2, 0.25) is 5.02 Å². The molecule has 3 heterocycles. The van der Waals surface area contributed by atoms with E-state index in [9.17, 15) is 18.0 Å². The van der Waals surface area contributed by atoms with Gasteiger partial charge >= 0.3 is 6.18 Å². The fourth-order valence-electron chi connectivity index (χ4n) is 3.59. The molecule has 0 radical (unpaired) electrons. The van der Waals surface area contributed by atoms with E-state index in [1.165, 1.54) is 0 Å². The Labute approximate surface area is 198 Å². The molecule has 33 heavy (non-hydrogen) atoms. The molecule has 1 aromatic carbocycles. The number of pyridine rings is 1. The van der Waals surface area contributed by atoms with Crippen LogP contribution in [0, 0.1) is 6.92 Å². The smallest absolute Gasteiger partial charge is 0.353 e. The van der Waals surface area contributed by atoms with E-state index in [0.717, 1.165) is 28.5 Å². The normalized spacial score (nSPS) is 15.0. The van der Waals surface area contributed by atoms with E-state index in [1.807, 2.05) is 46.4 Å². The molecule has 2 aromatic heterocycles. The molecule has 1 N–H and O–H groups in total. The van der Waals surface area contributed by atoms with E-state index in [4.69, 9.17) is 11.6 Å². The highest BCUT2D eigenvalue weighted by molar-refractivity contribution is 7.09. The van der Waals surface area contributed by atoms with Gasteiger partial charge in [0, 0.05) is 49.0 Å². The van der Waals surface area contributed by atoms with Gasteiger partial charge in [-0.15, -0.1) is 11.3 Å². The highest BCUT2D eigenvalue weighted by atomic mass is 35.5. The van der Waals surface area contributed by atoms with E-state index in [2.05, 4.69) is 15.3 Å². The lowest BCUT2D eigenvalue weighted by atomic mass is 10.1. The summed E-state index contributed by atoms with van der Waals surface area (Å²) in [7, 11) is 0. The Morgan fingerprint density at radius 3 is 2.61 bits per heavy atom. The number of halogens is 4. The molecule has 4 rings (SSSR count). The first-order chi connectivity index (χ1) is 15.7. The maximum atomic E-state index is 12.8. The molecule has 1 fully saturated rings. The summed E-state index contributed by atoms with van der Waals surface area (Å²) in [6.07, 6.45) is -3.69. The van der Waals surface area contributed by atoms with Crippen LogP contribution in [0.5, 0.6) is 0 Å². The highest BCUT2D eigenvalue weighted by Crippen LogP contribution is 2.33. The number of rotatable bonds is 5. The van der Waals surface area contributed by atoms with Gasteiger partial charge in [-0.25, -0.2) is 9.97 Å². The number of alkyl halides is 3. The molecule has 0 atom stereocenters. The van der Waals surface area contributed by atoms with Gasteiger partial charge in [0.05, 0.1) is 27.8 Å². The van der Waals surface area contributed by atoms with Gasteiger partial charge < -0.3 is 10.2 Å². The number of aromatic nitrogens is 2. The number of carbonyl (C=O) groups is 1. The lowest BCUT2D eigenvalue weighted by molar-refractivity contribution is -0.137. The standard InChI is InChI=1S/C22H21ClF3N5OS/c1-14-28-19(13-33-14)15-3-2-4-17(9-15)29-20(32)12-30-5-7-31(8-6-30)21-18(23)10-16(11-27-21)22(24,25)26/h2-4,9-11,13H,5-8,12H2,1H3,(H,29,32). The van der Waals surface area contributed by atoms with Crippen molar-refractivity contribution in [1.29, 1.82) is 0 Å². The number of hydrogen-bond donors (Lipinski definition) is 1. The quantitative estimate of drug-likeness (QED) is 0.543. The number of amides is 1. The number of anilines is 2. The van der Waals surface area contributed by atoms with Gasteiger partial charge in [-0.2, -0.15) is 13.2 Å². The van der Waals surface area contributed by atoms with Crippen molar-refractivity contribution in [2.75, 3.05) is 42.9 Å². The number of nitrogens with zero attached hydrogens (tertiary/aromatic N) is 4. The van der Waals surface area contributed by atoms with E-state index < -0.39 is 11.7 Å². The SMILES string of the molecule is Cc1nc(-c2cccc(NC(=O)CN3CCN(c4ncc(C(F)(F)F)cc4Cl)CC3)c2)cs1. The van der Waals surface area contributed by atoms with Crippen molar-refractivity contribution in [3.63, 3.8) is 0 Å². The molecule has 6 nitrogen and oxygen atoms in total. The predicted octanol–water partition coefficient (Wildman–Crippen LogP) is 4.95. The summed E-state index contributed by atoms with van der Waals surface area (Å²) >= 11 is 7.62. The third kappa shape index (κ3) is 5.82. The third-order valence-electron chi connectivity index (χ3n) is 5.25. The lowest BCUT2D eigenvalue weighted by Gasteiger charge is -2.35. The van der Waals surface area contributed by atoms with Gasteiger partial charge in [-0.1, -0.05) is 23.7 Å². The Hall–Kier alpha value is -2.69. The summed E-state index contributed by atoms with van der Waals surface area (Å²) in [6, 6.07) is 8.44. The van der Waals surface area contributed by atoms with Crippen molar-refractivity contribution < 1.29 is 18.0 Å². The molecule has 1 amide bonds. The molecule has 174 valence electrons. The Kier molecular flexibility index (Phi) is 6.87. The van der Waals surface area contributed by atoms with Crippen LogP contribution in [-0.2, 0) is 11.0 Å². The minimum atomic E-state index is -4.49. The minimum Gasteiger partial charge on any atom is -0.353 e. The van der Waals surface area contributed by atoms with E-state index in [0.29, 0.717) is 37.7 Å². The number of piperazine rings is 1. The molecule has 0 aliphatic carbocycles. The van der Waals surface area contributed by atoms with Crippen molar-refractivity contribution >= 4 is 40.4 Å². The van der Waals surface area contributed by atoms with Gasteiger partial charge in [0.1, 0.15) is 5.82 Å². The molecular weight excluding hydrogens is 475 g/mol. The lowest BCUT2D eigenvalue weighted by Crippen LogP contribution is -2.49. The summed E-state index contributed by atoms with van der Waals surface area (Å²) < 4.78 is 38.5. The van der Waals surface area contributed by atoms with Crippen LogP contribution in [0.4, 0.5) is 24.7 Å². The first-order valence-electron chi connectivity index (χ1n) is 10.2. The van der Waals surface area contributed by atoms with E-state index >= 15 is 0 Å². The van der Waals surface area contributed by atoms with Gasteiger partial charge in [0.2, 0.25) is 5.91 Å². The van der Waals surface area contributed by atoms with Crippen LogP contribution >= 0.6 is 22.9 Å². The summed E-state index contributed by atoms with van der Waals surface area (Å²) in [5.74, 6) is 0.184. The number of carbonyl (C=O) groups excluding carboxylic acids is 1. The Bertz CT molecular complexity index is 1150. The van der Waals surface area contributed by atoms with Crippen molar-refractivity contribution in [3.8, 4) is 11.3 Å². The van der Waals surface area contributed by atoms with Crippen LogP contribution in [0.1, 0.15) is 10.6 Å². The number of thiazole rings is 1. The van der Waals surface area contributed by atoms with E-state index in [1.54, 1.807) is 11.3 Å². The zero-order valence-corrected chi connectivity index (χ0v) is 19.3. The van der Waals surface area contributed by atoms with Gasteiger partial charge in [-0.3, -0.25) is 9.69 Å². The highest BCUT2D eigenvalue weighted by Gasteiger charge is 2.32. The van der Waals surface area contributed by atoms with E-state index in [-0.39, 0.29) is 17.5 Å². The molecule has 3 aromatic rings. The molecular formula is C22H21ClF3N5OS. The molecule has 0 saturated carbocycles. The predicted molar refractivity (Wildman–Crippen MR) is 124 cm³/mol. The molecule has 1 aliphatic heterocycles. The third-order valence-corrected chi connectivity index (χ3v) is 6.30. The molecule has 0 unspecified atom stereocenters. The van der Waals surface area contributed by atoms with Crippen LogP contribution < -0.4 is 10.2 Å². The Balaban J connectivity index is 1.31. The monoisotopic (exact) mass is 495 g/mol. The topological polar surface area (TPSA) is 61.4 Å². The first-order valence-corrected chi connectivity index (χ1v) is 11.5. The zero-order chi connectivity index (χ0) is 23.6. The molecule has 0 spiro atoms. The molecule has 0 bridgehead atoms. The zero-order valence-electron chi connectivity index (χ0n) is 17.7.